The maximum atomic E-state index is 12.4. The minimum Gasteiger partial charge on any atom is -0.508 e. The molecule has 0 aliphatic carbocycles. The number of rotatable bonds is 2. The molecule has 22 heavy (non-hydrogen) atoms. The number of anilines is 1. The number of carbonyl (C=O) groups is 1. The van der Waals surface area contributed by atoms with Gasteiger partial charge in [-0.1, -0.05) is 18.2 Å². The molecule has 6 nitrogen and oxygen atoms in total. The number of thioether (sulfide) groups is 1. The van der Waals surface area contributed by atoms with Gasteiger partial charge in [0, 0.05) is 11.8 Å². The van der Waals surface area contributed by atoms with Gasteiger partial charge >= 0.3 is 0 Å². The first kappa shape index (κ1) is 13.1. The highest BCUT2D eigenvalue weighted by molar-refractivity contribution is 8.00. The number of hydrogen-bond donors (Lipinski definition) is 2. The first-order chi connectivity index (χ1) is 10.8. The first-order valence-corrected chi connectivity index (χ1v) is 7.81. The summed E-state index contributed by atoms with van der Waals surface area (Å²) in [6.45, 7) is 0. The van der Waals surface area contributed by atoms with Crippen LogP contribution >= 0.6 is 11.8 Å². The van der Waals surface area contributed by atoms with Crippen LogP contribution in [0.4, 0.5) is 5.82 Å². The van der Waals surface area contributed by atoms with Crippen molar-refractivity contribution in [2.75, 3.05) is 10.7 Å². The average Bonchev–Trinajstić information content (AvgIpc) is 3.11. The predicted molar refractivity (Wildman–Crippen MR) is 84.7 cm³/mol. The number of aromatic hydroxyl groups is 1. The van der Waals surface area contributed by atoms with E-state index in [1.807, 2.05) is 24.3 Å². The topological polar surface area (TPSA) is 82.1 Å². The van der Waals surface area contributed by atoms with Crippen LogP contribution in [0.5, 0.6) is 5.75 Å². The Morgan fingerprint density at radius 2 is 2.14 bits per heavy atom. The predicted octanol–water partition coefficient (Wildman–Crippen LogP) is 2.44. The fourth-order valence-corrected chi connectivity index (χ4v) is 3.79. The van der Waals surface area contributed by atoms with Crippen molar-refractivity contribution >= 4 is 34.5 Å². The summed E-state index contributed by atoms with van der Waals surface area (Å²) < 4.78 is 0. The van der Waals surface area contributed by atoms with Crippen LogP contribution in [-0.2, 0) is 4.79 Å². The fraction of sp³-hybridized carbons (Fsp3) is 0.133. The highest BCUT2D eigenvalue weighted by Crippen LogP contribution is 2.45. The Morgan fingerprint density at radius 1 is 1.27 bits per heavy atom. The van der Waals surface area contributed by atoms with Crippen molar-refractivity contribution in [3.8, 4) is 5.75 Å². The summed E-state index contributed by atoms with van der Waals surface area (Å²) in [5, 5.41) is 17.7. The van der Waals surface area contributed by atoms with E-state index >= 15 is 0 Å². The summed E-state index contributed by atoms with van der Waals surface area (Å²) >= 11 is 1.47. The Hall–Kier alpha value is -2.54. The second-order valence-corrected chi connectivity index (χ2v) is 6.00. The van der Waals surface area contributed by atoms with Gasteiger partial charge in [-0.2, -0.15) is 5.10 Å². The van der Waals surface area contributed by atoms with Gasteiger partial charge in [-0.15, -0.1) is 11.8 Å². The molecule has 3 heterocycles. The molecule has 1 aliphatic rings. The van der Waals surface area contributed by atoms with Gasteiger partial charge in [-0.25, -0.2) is 4.98 Å². The summed E-state index contributed by atoms with van der Waals surface area (Å²) in [6, 6.07) is 10.7. The Labute approximate surface area is 130 Å². The maximum Gasteiger partial charge on any atom is 0.239 e. The Kier molecular flexibility index (Phi) is 3.00. The molecule has 1 atom stereocenters. The lowest BCUT2D eigenvalue weighted by Gasteiger charge is -2.22. The molecular formula is C15H12N4O2S. The molecule has 0 spiro atoms. The molecule has 110 valence electrons. The first-order valence-electron chi connectivity index (χ1n) is 6.76. The van der Waals surface area contributed by atoms with E-state index in [0.717, 1.165) is 5.39 Å². The van der Waals surface area contributed by atoms with E-state index < -0.39 is 0 Å². The SMILES string of the molecule is O=C1CS[C@@H](c2ccccc2O)N1c1n[nH]c2ncccc12. The highest BCUT2D eigenvalue weighted by Gasteiger charge is 2.37. The third-order valence-corrected chi connectivity index (χ3v) is 4.81. The molecule has 7 heteroatoms. The largest absolute Gasteiger partial charge is 0.508 e. The monoisotopic (exact) mass is 312 g/mol. The van der Waals surface area contributed by atoms with Crippen molar-refractivity contribution in [1.29, 1.82) is 0 Å². The lowest BCUT2D eigenvalue weighted by atomic mass is 10.1. The highest BCUT2D eigenvalue weighted by atomic mass is 32.2. The maximum absolute atomic E-state index is 12.4. The average molecular weight is 312 g/mol. The van der Waals surface area contributed by atoms with E-state index in [0.29, 0.717) is 22.8 Å². The summed E-state index contributed by atoms with van der Waals surface area (Å²) in [5.74, 6) is 1.05. The van der Waals surface area contributed by atoms with E-state index in [4.69, 9.17) is 0 Å². The molecule has 4 rings (SSSR count). The van der Waals surface area contributed by atoms with Gasteiger partial charge in [0.15, 0.2) is 11.5 Å². The number of aromatic nitrogens is 3. The van der Waals surface area contributed by atoms with Crippen molar-refractivity contribution < 1.29 is 9.90 Å². The van der Waals surface area contributed by atoms with E-state index in [9.17, 15) is 9.90 Å². The lowest BCUT2D eigenvalue weighted by molar-refractivity contribution is -0.115. The zero-order valence-corrected chi connectivity index (χ0v) is 12.2. The van der Waals surface area contributed by atoms with E-state index in [1.165, 1.54) is 11.8 Å². The van der Waals surface area contributed by atoms with E-state index in [2.05, 4.69) is 15.2 Å². The normalized spacial score (nSPS) is 18.3. The molecule has 0 unspecified atom stereocenters. The number of nitrogens with zero attached hydrogens (tertiary/aromatic N) is 3. The van der Waals surface area contributed by atoms with Gasteiger partial charge in [0.05, 0.1) is 11.1 Å². The molecule has 2 aromatic heterocycles. The van der Waals surface area contributed by atoms with Crippen molar-refractivity contribution in [2.24, 2.45) is 0 Å². The third kappa shape index (κ3) is 1.93. The molecule has 1 amide bonds. The van der Waals surface area contributed by atoms with Crippen LogP contribution in [0.3, 0.4) is 0 Å². The number of phenolic OH excluding ortho intramolecular Hbond substituents is 1. The molecule has 1 aromatic carbocycles. The van der Waals surface area contributed by atoms with Gasteiger partial charge in [-0.3, -0.25) is 14.8 Å². The lowest BCUT2D eigenvalue weighted by Crippen LogP contribution is -2.28. The summed E-state index contributed by atoms with van der Waals surface area (Å²) in [5.41, 5.74) is 1.34. The Balaban J connectivity index is 1.85. The quantitative estimate of drug-likeness (QED) is 0.759. The van der Waals surface area contributed by atoms with Gasteiger partial charge < -0.3 is 5.11 Å². The summed E-state index contributed by atoms with van der Waals surface area (Å²) in [7, 11) is 0. The third-order valence-electron chi connectivity index (χ3n) is 3.62. The standard InChI is InChI=1S/C15H12N4O2S/c20-11-6-2-1-4-9(11)15-19(12(21)8-22-15)14-10-5-3-7-16-13(10)17-18-14/h1-7,15,20H,8H2,(H,16,17,18)/t15-/m0/s1. The van der Waals surface area contributed by atoms with Crippen LogP contribution in [0.1, 0.15) is 10.9 Å². The van der Waals surface area contributed by atoms with Gasteiger partial charge in [0.2, 0.25) is 5.91 Å². The van der Waals surface area contributed by atoms with Crippen LogP contribution in [0.2, 0.25) is 0 Å². The van der Waals surface area contributed by atoms with Crippen LogP contribution in [0, 0.1) is 0 Å². The Bertz CT molecular complexity index is 863. The van der Waals surface area contributed by atoms with Crippen LogP contribution in [-0.4, -0.2) is 31.9 Å². The molecule has 0 radical (unpaired) electrons. The van der Waals surface area contributed by atoms with Crippen LogP contribution in [0.25, 0.3) is 11.0 Å². The fourth-order valence-electron chi connectivity index (χ4n) is 2.60. The van der Waals surface area contributed by atoms with E-state index in [-0.39, 0.29) is 17.0 Å². The second kappa shape index (κ2) is 5.03. The second-order valence-electron chi connectivity index (χ2n) is 4.93. The number of fused-ring (bicyclic) bond motifs is 1. The number of H-pyrrole nitrogens is 1. The minimum atomic E-state index is -0.291. The molecule has 3 aromatic rings. The molecule has 2 N–H and O–H groups in total. The van der Waals surface area contributed by atoms with Gasteiger partial charge in [-0.05, 0) is 18.2 Å². The number of benzene rings is 1. The number of phenols is 1. The number of pyridine rings is 1. The van der Waals surface area contributed by atoms with Crippen molar-refractivity contribution in [1.82, 2.24) is 15.2 Å². The molecule has 1 saturated heterocycles. The van der Waals surface area contributed by atoms with Crippen LogP contribution in [0.15, 0.2) is 42.6 Å². The number of aromatic amines is 1. The van der Waals surface area contributed by atoms with Crippen LogP contribution < -0.4 is 4.90 Å². The number of amides is 1. The minimum absolute atomic E-state index is 0.0319. The van der Waals surface area contributed by atoms with Crippen molar-refractivity contribution in [3.63, 3.8) is 0 Å². The number of carbonyl (C=O) groups excluding carboxylic acids is 1. The number of para-hydroxylation sites is 1. The molecule has 0 saturated carbocycles. The summed E-state index contributed by atoms with van der Waals surface area (Å²) in [6.07, 6.45) is 1.67. The smallest absolute Gasteiger partial charge is 0.239 e. The van der Waals surface area contributed by atoms with Gasteiger partial charge in [0.25, 0.3) is 0 Å². The summed E-state index contributed by atoms with van der Waals surface area (Å²) in [4.78, 5) is 18.2. The zero-order valence-electron chi connectivity index (χ0n) is 11.4. The Morgan fingerprint density at radius 3 is 3.00 bits per heavy atom. The molecular weight excluding hydrogens is 300 g/mol. The van der Waals surface area contributed by atoms with E-state index in [1.54, 1.807) is 23.2 Å². The molecule has 1 aliphatic heterocycles. The van der Waals surface area contributed by atoms with Gasteiger partial charge in [0.1, 0.15) is 11.1 Å². The zero-order chi connectivity index (χ0) is 15.1. The number of nitrogens with one attached hydrogen (secondary N) is 1. The molecule has 1 fully saturated rings. The molecule has 0 bridgehead atoms. The number of hydrogen-bond acceptors (Lipinski definition) is 5. The van der Waals surface area contributed by atoms with Crippen molar-refractivity contribution in [3.05, 3.63) is 48.2 Å². The van der Waals surface area contributed by atoms with Crippen molar-refractivity contribution in [2.45, 2.75) is 5.37 Å².